The van der Waals surface area contributed by atoms with Crippen LogP contribution in [0.25, 0.3) is 0 Å². The number of sulfonamides is 1. The third-order valence-corrected chi connectivity index (χ3v) is 4.00. The van der Waals surface area contributed by atoms with Crippen LogP contribution in [-0.4, -0.2) is 20.4 Å². The minimum absolute atomic E-state index is 0.0583. The first-order chi connectivity index (χ1) is 9.39. The van der Waals surface area contributed by atoms with E-state index < -0.39 is 16.1 Å². The number of nitriles is 1. The van der Waals surface area contributed by atoms with Gasteiger partial charge in [0.1, 0.15) is 6.04 Å². The molecule has 0 aliphatic carbocycles. The Balaban J connectivity index is 2.87. The van der Waals surface area contributed by atoms with Gasteiger partial charge in [-0.15, -0.1) is 0 Å². The van der Waals surface area contributed by atoms with E-state index in [4.69, 9.17) is 5.26 Å². The van der Waals surface area contributed by atoms with Gasteiger partial charge in [-0.25, -0.2) is 8.42 Å². The Labute approximate surface area is 118 Å². The van der Waals surface area contributed by atoms with Crippen molar-refractivity contribution >= 4 is 21.6 Å². The quantitative estimate of drug-likeness (QED) is 0.833. The third kappa shape index (κ3) is 4.64. The van der Waals surface area contributed by atoms with Crippen molar-refractivity contribution < 1.29 is 13.2 Å². The van der Waals surface area contributed by atoms with E-state index in [2.05, 4.69) is 10.0 Å². The molecular formula is C13H17N3O3S. The first-order valence-electron chi connectivity index (χ1n) is 6.18. The standard InChI is InChI=1S/C13H17N3O3S/c1-3-4-12(9-14)16-20(18,19)13-7-5-11(6-8-13)15-10(2)17/h5-8,12,16H,3-4H2,1-2H3,(H,15,17). The van der Waals surface area contributed by atoms with Crippen molar-refractivity contribution in [3.8, 4) is 6.07 Å². The molecule has 0 aromatic heterocycles. The van der Waals surface area contributed by atoms with Crippen LogP contribution in [0, 0.1) is 11.3 Å². The minimum Gasteiger partial charge on any atom is -0.326 e. The number of nitrogens with zero attached hydrogens (tertiary/aromatic N) is 1. The van der Waals surface area contributed by atoms with Crippen molar-refractivity contribution in [3.63, 3.8) is 0 Å². The molecule has 108 valence electrons. The fourth-order valence-corrected chi connectivity index (χ4v) is 2.79. The van der Waals surface area contributed by atoms with Crippen molar-refractivity contribution in [1.29, 1.82) is 5.26 Å². The fourth-order valence-electron chi connectivity index (χ4n) is 1.61. The molecule has 6 nitrogen and oxygen atoms in total. The number of anilines is 1. The molecule has 0 aliphatic heterocycles. The van der Waals surface area contributed by atoms with Crippen LogP contribution in [0.15, 0.2) is 29.2 Å². The second kappa shape index (κ2) is 7.03. The average molecular weight is 295 g/mol. The Bertz CT molecular complexity index is 603. The highest BCUT2D eigenvalue weighted by molar-refractivity contribution is 7.89. The molecule has 1 rings (SSSR count). The van der Waals surface area contributed by atoms with Crippen LogP contribution in [-0.2, 0) is 14.8 Å². The number of rotatable bonds is 6. The zero-order valence-corrected chi connectivity index (χ0v) is 12.2. The van der Waals surface area contributed by atoms with Gasteiger partial charge in [0.2, 0.25) is 15.9 Å². The van der Waals surface area contributed by atoms with Crippen molar-refractivity contribution in [2.24, 2.45) is 0 Å². The molecule has 1 unspecified atom stereocenters. The summed E-state index contributed by atoms with van der Waals surface area (Å²) in [7, 11) is -3.72. The summed E-state index contributed by atoms with van der Waals surface area (Å²) in [5, 5.41) is 11.4. The van der Waals surface area contributed by atoms with Crippen molar-refractivity contribution in [3.05, 3.63) is 24.3 Å². The Morgan fingerprint density at radius 1 is 1.35 bits per heavy atom. The summed E-state index contributed by atoms with van der Waals surface area (Å²) >= 11 is 0. The topological polar surface area (TPSA) is 99.1 Å². The number of nitrogens with one attached hydrogen (secondary N) is 2. The lowest BCUT2D eigenvalue weighted by molar-refractivity contribution is -0.114. The summed E-state index contributed by atoms with van der Waals surface area (Å²) in [5.41, 5.74) is 0.516. The lowest BCUT2D eigenvalue weighted by Gasteiger charge is -2.11. The lowest BCUT2D eigenvalue weighted by Crippen LogP contribution is -2.33. The Kier molecular flexibility index (Phi) is 5.67. The fraction of sp³-hybridized carbons (Fsp3) is 0.385. The highest BCUT2D eigenvalue weighted by Gasteiger charge is 2.19. The summed E-state index contributed by atoms with van der Waals surface area (Å²) in [5.74, 6) is -0.230. The van der Waals surface area contributed by atoms with Crippen LogP contribution in [0.2, 0.25) is 0 Å². The minimum atomic E-state index is -3.72. The normalized spacial score (nSPS) is 12.4. The molecule has 1 amide bonds. The molecule has 0 heterocycles. The number of benzene rings is 1. The molecule has 0 saturated carbocycles. The van der Waals surface area contributed by atoms with E-state index in [-0.39, 0.29) is 10.8 Å². The van der Waals surface area contributed by atoms with Gasteiger partial charge < -0.3 is 5.32 Å². The monoisotopic (exact) mass is 295 g/mol. The van der Waals surface area contributed by atoms with Crippen LogP contribution in [0.3, 0.4) is 0 Å². The second-order valence-corrected chi connectivity index (χ2v) is 6.01. The zero-order valence-electron chi connectivity index (χ0n) is 11.4. The predicted molar refractivity (Wildman–Crippen MR) is 75.4 cm³/mol. The van der Waals surface area contributed by atoms with Gasteiger partial charge in [0.25, 0.3) is 0 Å². The van der Waals surface area contributed by atoms with Gasteiger partial charge in [0.05, 0.1) is 11.0 Å². The molecule has 0 saturated heterocycles. The van der Waals surface area contributed by atoms with Crippen molar-refractivity contribution in [2.75, 3.05) is 5.32 Å². The van der Waals surface area contributed by atoms with Crippen LogP contribution < -0.4 is 10.0 Å². The molecule has 1 atom stereocenters. The highest BCUT2D eigenvalue weighted by atomic mass is 32.2. The molecule has 2 N–H and O–H groups in total. The average Bonchev–Trinajstić information content (AvgIpc) is 2.38. The molecular weight excluding hydrogens is 278 g/mol. The predicted octanol–water partition coefficient (Wildman–Crippen LogP) is 1.62. The van der Waals surface area contributed by atoms with Gasteiger partial charge in [0, 0.05) is 12.6 Å². The highest BCUT2D eigenvalue weighted by Crippen LogP contribution is 2.14. The summed E-state index contributed by atoms with van der Waals surface area (Å²) in [6.07, 6.45) is 1.17. The maximum atomic E-state index is 12.1. The Morgan fingerprint density at radius 2 is 1.95 bits per heavy atom. The van der Waals surface area contributed by atoms with Gasteiger partial charge in [-0.2, -0.15) is 9.98 Å². The van der Waals surface area contributed by atoms with E-state index in [1.54, 1.807) is 0 Å². The van der Waals surface area contributed by atoms with Crippen LogP contribution in [0.4, 0.5) is 5.69 Å². The third-order valence-electron chi connectivity index (χ3n) is 2.52. The Morgan fingerprint density at radius 3 is 2.40 bits per heavy atom. The van der Waals surface area contributed by atoms with Gasteiger partial charge >= 0.3 is 0 Å². The van der Waals surface area contributed by atoms with Gasteiger partial charge in [-0.05, 0) is 30.7 Å². The molecule has 7 heteroatoms. The summed E-state index contributed by atoms with van der Waals surface area (Å²) in [6.45, 7) is 3.25. The van der Waals surface area contributed by atoms with Gasteiger partial charge in [-0.3, -0.25) is 4.79 Å². The SMILES string of the molecule is CCCC(C#N)NS(=O)(=O)c1ccc(NC(C)=O)cc1. The zero-order chi connectivity index (χ0) is 15.2. The number of carbonyl (C=O) groups excluding carboxylic acids is 1. The second-order valence-electron chi connectivity index (χ2n) is 4.30. The molecule has 0 aliphatic rings. The molecule has 0 spiro atoms. The van der Waals surface area contributed by atoms with E-state index in [1.807, 2.05) is 13.0 Å². The largest absolute Gasteiger partial charge is 0.326 e. The Hall–Kier alpha value is -1.91. The van der Waals surface area contributed by atoms with E-state index in [0.29, 0.717) is 18.5 Å². The summed E-state index contributed by atoms with van der Waals surface area (Å²) in [6, 6.07) is 6.94. The van der Waals surface area contributed by atoms with E-state index >= 15 is 0 Å². The number of hydrogen-bond acceptors (Lipinski definition) is 4. The maximum Gasteiger partial charge on any atom is 0.241 e. The van der Waals surface area contributed by atoms with E-state index in [1.165, 1.54) is 31.2 Å². The molecule has 1 aromatic rings. The molecule has 0 fully saturated rings. The first kappa shape index (κ1) is 16.1. The first-order valence-corrected chi connectivity index (χ1v) is 7.67. The summed E-state index contributed by atoms with van der Waals surface area (Å²) in [4.78, 5) is 10.9. The van der Waals surface area contributed by atoms with Crippen molar-refractivity contribution in [1.82, 2.24) is 4.72 Å². The van der Waals surface area contributed by atoms with Gasteiger partial charge in [0.15, 0.2) is 0 Å². The molecule has 20 heavy (non-hydrogen) atoms. The van der Waals surface area contributed by atoms with Crippen LogP contribution >= 0.6 is 0 Å². The summed E-state index contributed by atoms with van der Waals surface area (Å²) < 4.78 is 26.5. The molecule has 0 radical (unpaired) electrons. The number of carbonyl (C=O) groups is 1. The van der Waals surface area contributed by atoms with E-state index in [9.17, 15) is 13.2 Å². The maximum absolute atomic E-state index is 12.1. The number of amides is 1. The van der Waals surface area contributed by atoms with E-state index in [0.717, 1.165) is 0 Å². The molecule has 0 bridgehead atoms. The molecule has 1 aromatic carbocycles. The van der Waals surface area contributed by atoms with Crippen LogP contribution in [0.5, 0.6) is 0 Å². The van der Waals surface area contributed by atoms with Gasteiger partial charge in [-0.1, -0.05) is 13.3 Å². The smallest absolute Gasteiger partial charge is 0.241 e. The van der Waals surface area contributed by atoms with Crippen LogP contribution in [0.1, 0.15) is 26.7 Å². The lowest BCUT2D eigenvalue weighted by atomic mass is 10.2. The number of hydrogen-bond donors (Lipinski definition) is 2. The van der Waals surface area contributed by atoms with Crippen molar-refractivity contribution in [2.45, 2.75) is 37.6 Å².